The van der Waals surface area contributed by atoms with Crippen LogP contribution in [0.15, 0.2) is 24.3 Å². The molecule has 0 aromatic heterocycles. The highest BCUT2D eigenvalue weighted by molar-refractivity contribution is 7.89. The average molecular weight is 316 g/mol. The molecule has 1 atom stereocenters. The third kappa shape index (κ3) is 7.02. The highest BCUT2D eigenvalue weighted by Gasteiger charge is 2.13. The molecule has 1 aromatic carbocycles. The highest BCUT2D eigenvalue weighted by atomic mass is 32.2. The molecule has 1 rings (SSSR count). The van der Waals surface area contributed by atoms with Crippen molar-refractivity contribution in [1.82, 2.24) is 10.0 Å². The van der Waals surface area contributed by atoms with Gasteiger partial charge in [0.1, 0.15) is 5.82 Å². The van der Waals surface area contributed by atoms with Crippen LogP contribution in [0.4, 0.5) is 4.39 Å². The predicted molar refractivity (Wildman–Crippen MR) is 84.1 cm³/mol. The second-order valence-electron chi connectivity index (χ2n) is 5.02. The topological polar surface area (TPSA) is 58.2 Å². The van der Waals surface area contributed by atoms with Crippen molar-refractivity contribution >= 4 is 10.0 Å². The van der Waals surface area contributed by atoms with Crippen LogP contribution < -0.4 is 10.0 Å². The molecule has 0 saturated carbocycles. The Kier molecular flexibility index (Phi) is 7.85. The maximum absolute atomic E-state index is 13.0. The van der Waals surface area contributed by atoms with Gasteiger partial charge in [-0.1, -0.05) is 38.8 Å². The van der Waals surface area contributed by atoms with Gasteiger partial charge in [0, 0.05) is 19.1 Å². The molecule has 21 heavy (non-hydrogen) atoms. The van der Waals surface area contributed by atoms with Crippen molar-refractivity contribution in [2.75, 3.05) is 18.8 Å². The fraction of sp³-hybridized carbons (Fsp3) is 0.600. The van der Waals surface area contributed by atoms with Crippen molar-refractivity contribution in [1.29, 1.82) is 0 Å². The van der Waals surface area contributed by atoms with E-state index >= 15 is 0 Å². The summed E-state index contributed by atoms with van der Waals surface area (Å²) in [5.41, 5.74) is 0.991. The van der Waals surface area contributed by atoms with Gasteiger partial charge >= 0.3 is 0 Å². The minimum absolute atomic E-state index is 0.0463. The molecule has 120 valence electrons. The van der Waals surface area contributed by atoms with E-state index in [4.69, 9.17) is 0 Å². The van der Waals surface area contributed by atoms with Crippen molar-refractivity contribution in [2.45, 2.75) is 39.2 Å². The second-order valence-corrected chi connectivity index (χ2v) is 6.94. The zero-order valence-electron chi connectivity index (χ0n) is 12.7. The molecule has 0 saturated heterocycles. The molecular formula is C15H25FN2O2S. The van der Waals surface area contributed by atoms with Crippen molar-refractivity contribution in [3.8, 4) is 0 Å². The van der Waals surface area contributed by atoms with E-state index < -0.39 is 10.0 Å². The summed E-state index contributed by atoms with van der Waals surface area (Å²) in [6.07, 6.45) is 3.01. The van der Waals surface area contributed by atoms with E-state index in [2.05, 4.69) is 17.0 Å². The Hall–Kier alpha value is -0.980. The van der Waals surface area contributed by atoms with Gasteiger partial charge in [-0.2, -0.15) is 0 Å². The first-order chi connectivity index (χ1) is 9.98. The van der Waals surface area contributed by atoms with Crippen molar-refractivity contribution < 1.29 is 12.8 Å². The predicted octanol–water partition coefficient (Wildman–Crippen LogP) is 2.59. The molecule has 0 amide bonds. The molecule has 0 heterocycles. The van der Waals surface area contributed by atoms with E-state index in [0.717, 1.165) is 24.8 Å². The zero-order chi connectivity index (χ0) is 15.7. The van der Waals surface area contributed by atoms with E-state index in [1.807, 2.05) is 0 Å². The molecule has 2 N–H and O–H groups in total. The maximum Gasteiger partial charge on any atom is 0.212 e. The number of halogens is 1. The summed E-state index contributed by atoms with van der Waals surface area (Å²) in [6, 6.07) is 6.43. The van der Waals surface area contributed by atoms with E-state index in [1.54, 1.807) is 19.1 Å². The fourth-order valence-corrected chi connectivity index (χ4v) is 3.12. The molecule has 0 bridgehead atoms. The second kappa shape index (κ2) is 9.12. The third-order valence-electron chi connectivity index (χ3n) is 3.24. The van der Waals surface area contributed by atoms with Gasteiger partial charge in [-0.05, 0) is 24.1 Å². The smallest absolute Gasteiger partial charge is 0.212 e. The van der Waals surface area contributed by atoms with E-state index in [-0.39, 0.29) is 17.6 Å². The highest BCUT2D eigenvalue weighted by Crippen LogP contribution is 2.19. The van der Waals surface area contributed by atoms with Gasteiger partial charge in [0.15, 0.2) is 0 Å². The largest absolute Gasteiger partial charge is 0.309 e. The molecule has 1 aromatic rings. The number of rotatable bonds is 10. The van der Waals surface area contributed by atoms with E-state index in [0.29, 0.717) is 13.1 Å². The number of sulfonamides is 1. The summed E-state index contributed by atoms with van der Waals surface area (Å²) in [5.74, 6) is -0.215. The summed E-state index contributed by atoms with van der Waals surface area (Å²) in [6.45, 7) is 4.64. The Morgan fingerprint density at radius 3 is 2.43 bits per heavy atom. The van der Waals surface area contributed by atoms with Crippen LogP contribution >= 0.6 is 0 Å². The van der Waals surface area contributed by atoms with Crippen LogP contribution in [0, 0.1) is 5.82 Å². The number of nitrogens with one attached hydrogen (secondary N) is 2. The molecule has 0 radical (unpaired) electrons. The van der Waals surface area contributed by atoms with Crippen molar-refractivity contribution in [2.24, 2.45) is 0 Å². The SMILES string of the molecule is CCCCC(NCCS(=O)(=O)NCC)c1ccc(F)cc1. The lowest BCUT2D eigenvalue weighted by atomic mass is 10.0. The molecule has 0 spiro atoms. The van der Waals surface area contributed by atoms with Crippen LogP contribution in [-0.4, -0.2) is 27.3 Å². The summed E-state index contributed by atoms with van der Waals surface area (Å²) in [5, 5.41) is 3.26. The number of benzene rings is 1. The van der Waals surface area contributed by atoms with Crippen molar-refractivity contribution in [3.63, 3.8) is 0 Å². The lowest BCUT2D eigenvalue weighted by Gasteiger charge is -2.19. The van der Waals surface area contributed by atoms with Crippen LogP contribution in [0.1, 0.15) is 44.7 Å². The van der Waals surface area contributed by atoms with E-state index in [1.165, 1.54) is 12.1 Å². The van der Waals surface area contributed by atoms with E-state index in [9.17, 15) is 12.8 Å². The Morgan fingerprint density at radius 2 is 1.86 bits per heavy atom. The Labute approximate surface area is 127 Å². The zero-order valence-corrected chi connectivity index (χ0v) is 13.5. The summed E-state index contributed by atoms with van der Waals surface area (Å²) >= 11 is 0. The molecule has 4 nitrogen and oxygen atoms in total. The number of unbranched alkanes of at least 4 members (excludes halogenated alkanes) is 1. The normalized spacial score (nSPS) is 13.3. The molecule has 0 aliphatic rings. The molecule has 0 aliphatic heterocycles. The average Bonchev–Trinajstić information content (AvgIpc) is 2.43. The maximum atomic E-state index is 13.0. The Morgan fingerprint density at radius 1 is 1.19 bits per heavy atom. The molecule has 6 heteroatoms. The molecule has 0 aliphatic carbocycles. The number of hydrogen-bond acceptors (Lipinski definition) is 3. The van der Waals surface area contributed by atoms with Gasteiger partial charge in [-0.3, -0.25) is 0 Å². The minimum Gasteiger partial charge on any atom is -0.309 e. The van der Waals surface area contributed by atoms with Gasteiger partial charge in [0.05, 0.1) is 5.75 Å². The first-order valence-corrected chi connectivity index (χ1v) is 9.10. The lowest BCUT2D eigenvalue weighted by Crippen LogP contribution is -2.33. The first-order valence-electron chi connectivity index (χ1n) is 7.44. The standard InChI is InChI=1S/C15H25FN2O2S/c1-3-5-6-15(13-7-9-14(16)10-8-13)17-11-12-21(19,20)18-4-2/h7-10,15,17-18H,3-6,11-12H2,1-2H3. The van der Waals surface area contributed by atoms with Gasteiger partial charge in [0.25, 0.3) is 0 Å². The number of hydrogen-bond donors (Lipinski definition) is 2. The monoisotopic (exact) mass is 316 g/mol. The van der Waals surface area contributed by atoms with Crippen LogP contribution in [0.2, 0.25) is 0 Å². The van der Waals surface area contributed by atoms with Crippen LogP contribution in [0.25, 0.3) is 0 Å². The van der Waals surface area contributed by atoms with Gasteiger partial charge in [0.2, 0.25) is 10.0 Å². The Balaban J connectivity index is 2.60. The van der Waals surface area contributed by atoms with Gasteiger partial charge < -0.3 is 5.32 Å². The quantitative estimate of drug-likeness (QED) is 0.697. The van der Waals surface area contributed by atoms with Gasteiger partial charge in [-0.25, -0.2) is 17.5 Å². The minimum atomic E-state index is -3.21. The summed E-state index contributed by atoms with van der Waals surface area (Å²) in [4.78, 5) is 0. The fourth-order valence-electron chi connectivity index (χ4n) is 2.15. The van der Waals surface area contributed by atoms with Crippen LogP contribution in [0.5, 0.6) is 0 Å². The summed E-state index contributed by atoms with van der Waals surface area (Å²) < 4.78 is 38.7. The Bertz CT molecular complexity index is 503. The molecule has 1 unspecified atom stereocenters. The van der Waals surface area contributed by atoms with Crippen LogP contribution in [-0.2, 0) is 10.0 Å². The first kappa shape index (κ1) is 18.1. The van der Waals surface area contributed by atoms with Gasteiger partial charge in [-0.15, -0.1) is 0 Å². The molecule has 0 fully saturated rings. The van der Waals surface area contributed by atoms with Crippen LogP contribution in [0.3, 0.4) is 0 Å². The molecular weight excluding hydrogens is 291 g/mol. The van der Waals surface area contributed by atoms with Crippen molar-refractivity contribution in [3.05, 3.63) is 35.6 Å². The lowest BCUT2D eigenvalue weighted by molar-refractivity contribution is 0.491. The summed E-state index contributed by atoms with van der Waals surface area (Å²) in [7, 11) is -3.21. The third-order valence-corrected chi connectivity index (χ3v) is 4.71.